The molecule has 0 aliphatic heterocycles. The Morgan fingerprint density at radius 2 is 2.25 bits per heavy atom. The van der Waals surface area contributed by atoms with Gasteiger partial charge in [-0.2, -0.15) is 0 Å². The minimum atomic E-state index is 1.12. The molecule has 0 heterocycles. The maximum atomic E-state index is 3.82. The second kappa shape index (κ2) is 4.57. The van der Waals surface area contributed by atoms with Gasteiger partial charge in [0.05, 0.1) is 0 Å². The van der Waals surface area contributed by atoms with E-state index in [1.165, 1.54) is 5.57 Å². The highest BCUT2D eigenvalue weighted by Gasteiger charge is 1.76. The summed E-state index contributed by atoms with van der Waals surface area (Å²) in [5.41, 5.74) is 1.37. The van der Waals surface area contributed by atoms with E-state index in [1.54, 1.807) is 7.05 Å². The van der Waals surface area contributed by atoms with Crippen LogP contribution in [0.1, 0.15) is 20.3 Å². The molecule has 1 nitrogen and oxygen atoms in total. The molecule has 1 heteroatoms. The highest BCUT2D eigenvalue weighted by atomic mass is 14.6. The molecule has 0 amide bonds. The number of allylic oxidation sites excluding steroid dienone is 2. The van der Waals surface area contributed by atoms with Gasteiger partial charge in [-0.25, -0.2) is 0 Å². The molecule has 0 aliphatic rings. The molecule has 0 atom stereocenters. The zero-order valence-corrected chi connectivity index (χ0v) is 5.81. The molecular weight excluding hydrogens is 98.1 g/mol. The topological polar surface area (TPSA) is 12.4 Å². The van der Waals surface area contributed by atoms with E-state index in [0.29, 0.717) is 0 Å². The Morgan fingerprint density at radius 1 is 1.62 bits per heavy atom. The lowest BCUT2D eigenvalue weighted by molar-refractivity contribution is 1.10. The molecule has 0 radical (unpaired) electrons. The van der Waals surface area contributed by atoms with Crippen molar-refractivity contribution >= 4 is 6.21 Å². The van der Waals surface area contributed by atoms with Gasteiger partial charge < -0.3 is 0 Å². The van der Waals surface area contributed by atoms with E-state index >= 15 is 0 Å². The zero-order valence-electron chi connectivity index (χ0n) is 5.81. The fourth-order valence-electron chi connectivity index (χ4n) is 0.320. The van der Waals surface area contributed by atoms with Crippen LogP contribution in [0.15, 0.2) is 16.6 Å². The quantitative estimate of drug-likeness (QED) is 0.483. The smallest absolute Gasteiger partial charge is 0.0277 e. The zero-order chi connectivity index (χ0) is 6.41. The van der Waals surface area contributed by atoms with Gasteiger partial charge in [-0.1, -0.05) is 12.5 Å². The van der Waals surface area contributed by atoms with Crippen molar-refractivity contribution in [3.63, 3.8) is 0 Å². The second-order valence-corrected chi connectivity index (χ2v) is 1.77. The van der Waals surface area contributed by atoms with Gasteiger partial charge >= 0.3 is 0 Å². The maximum Gasteiger partial charge on any atom is 0.0277 e. The third-order valence-corrected chi connectivity index (χ3v) is 1.07. The lowest BCUT2D eigenvalue weighted by Crippen LogP contribution is -1.71. The Bertz CT molecular complexity index is 101. The molecular formula is C7H13N. The Morgan fingerprint density at radius 3 is 2.62 bits per heavy atom. The predicted octanol–water partition coefficient (Wildman–Crippen LogP) is 2.04. The van der Waals surface area contributed by atoms with Crippen LogP contribution in [0.4, 0.5) is 0 Å². The van der Waals surface area contributed by atoms with Crippen LogP contribution in [-0.4, -0.2) is 13.3 Å². The van der Waals surface area contributed by atoms with Crippen molar-refractivity contribution in [2.24, 2.45) is 4.99 Å². The molecule has 0 saturated carbocycles. The normalized spacial score (nSPS) is 13.1. The van der Waals surface area contributed by atoms with Crippen molar-refractivity contribution in [3.8, 4) is 0 Å². The Hall–Kier alpha value is -0.590. The molecule has 8 heavy (non-hydrogen) atoms. The standard InChI is InChI=1S/C7H13N/c1-4-7(2)5-6-8-3/h5-6H,4H2,1-3H3/b7-5-,8-6?. The lowest BCUT2D eigenvalue weighted by Gasteiger charge is -1.86. The molecule has 0 bridgehead atoms. The average molecular weight is 111 g/mol. The SMILES string of the molecule is CC/C(C)=C\C=NC. The highest BCUT2D eigenvalue weighted by molar-refractivity contribution is 5.71. The van der Waals surface area contributed by atoms with E-state index in [1.807, 2.05) is 12.3 Å². The van der Waals surface area contributed by atoms with Gasteiger partial charge in [-0.15, -0.1) is 0 Å². The fraction of sp³-hybridized carbons (Fsp3) is 0.571. The first-order valence-corrected chi connectivity index (χ1v) is 2.89. The van der Waals surface area contributed by atoms with Crippen LogP contribution in [-0.2, 0) is 0 Å². The summed E-state index contributed by atoms with van der Waals surface area (Å²) in [6.45, 7) is 4.23. The van der Waals surface area contributed by atoms with E-state index in [4.69, 9.17) is 0 Å². The summed E-state index contributed by atoms with van der Waals surface area (Å²) in [4.78, 5) is 3.82. The third kappa shape index (κ3) is 3.59. The van der Waals surface area contributed by atoms with Crippen LogP contribution >= 0.6 is 0 Å². The van der Waals surface area contributed by atoms with E-state index in [2.05, 4.69) is 18.8 Å². The molecule has 0 unspecified atom stereocenters. The molecule has 0 aromatic heterocycles. The van der Waals surface area contributed by atoms with Gasteiger partial charge in [0.25, 0.3) is 0 Å². The first kappa shape index (κ1) is 7.41. The van der Waals surface area contributed by atoms with Gasteiger partial charge in [0.1, 0.15) is 0 Å². The summed E-state index contributed by atoms with van der Waals surface area (Å²) in [5.74, 6) is 0. The van der Waals surface area contributed by atoms with Crippen molar-refractivity contribution in [1.29, 1.82) is 0 Å². The summed E-state index contributed by atoms with van der Waals surface area (Å²) in [7, 11) is 1.78. The van der Waals surface area contributed by atoms with Crippen LogP contribution in [0.25, 0.3) is 0 Å². The second-order valence-electron chi connectivity index (χ2n) is 1.77. The summed E-state index contributed by atoms with van der Waals surface area (Å²) >= 11 is 0. The largest absolute Gasteiger partial charge is 0.297 e. The Labute approximate surface area is 51.1 Å². The van der Waals surface area contributed by atoms with E-state index in [0.717, 1.165) is 6.42 Å². The third-order valence-electron chi connectivity index (χ3n) is 1.07. The van der Waals surface area contributed by atoms with Gasteiger partial charge in [0, 0.05) is 13.3 Å². The van der Waals surface area contributed by atoms with Crippen molar-refractivity contribution in [3.05, 3.63) is 11.6 Å². The van der Waals surface area contributed by atoms with Crippen LogP contribution < -0.4 is 0 Å². The number of rotatable bonds is 2. The molecule has 0 aliphatic carbocycles. The number of aliphatic imine (C=N–C) groups is 1. The van der Waals surface area contributed by atoms with Crippen LogP contribution in [0.2, 0.25) is 0 Å². The summed E-state index contributed by atoms with van der Waals surface area (Å²) in [6.07, 6.45) is 4.96. The highest BCUT2D eigenvalue weighted by Crippen LogP contribution is 1.94. The molecule has 0 aromatic rings. The van der Waals surface area contributed by atoms with Gasteiger partial charge in [0.2, 0.25) is 0 Å². The van der Waals surface area contributed by atoms with Crippen LogP contribution in [0.5, 0.6) is 0 Å². The summed E-state index contributed by atoms with van der Waals surface area (Å²) < 4.78 is 0. The minimum Gasteiger partial charge on any atom is -0.297 e. The van der Waals surface area contributed by atoms with Crippen LogP contribution in [0.3, 0.4) is 0 Å². The van der Waals surface area contributed by atoms with Crippen molar-refractivity contribution in [2.75, 3.05) is 7.05 Å². The minimum absolute atomic E-state index is 1.12. The van der Waals surface area contributed by atoms with Gasteiger partial charge in [0.15, 0.2) is 0 Å². The fourth-order valence-corrected chi connectivity index (χ4v) is 0.320. The van der Waals surface area contributed by atoms with Crippen molar-refractivity contribution in [2.45, 2.75) is 20.3 Å². The molecule has 0 fully saturated rings. The molecule has 0 aromatic carbocycles. The van der Waals surface area contributed by atoms with E-state index in [-0.39, 0.29) is 0 Å². The molecule has 0 N–H and O–H groups in total. The van der Waals surface area contributed by atoms with E-state index in [9.17, 15) is 0 Å². The van der Waals surface area contributed by atoms with Crippen molar-refractivity contribution < 1.29 is 0 Å². The lowest BCUT2D eigenvalue weighted by atomic mass is 10.2. The number of hydrogen-bond acceptors (Lipinski definition) is 1. The number of nitrogens with zero attached hydrogens (tertiary/aromatic N) is 1. The predicted molar refractivity (Wildman–Crippen MR) is 38.5 cm³/mol. The maximum absolute atomic E-state index is 3.82. The molecule has 0 spiro atoms. The summed E-state index contributed by atoms with van der Waals surface area (Å²) in [5, 5.41) is 0. The Balaban J connectivity index is 3.57. The molecule has 46 valence electrons. The van der Waals surface area contributed by atoms with Crippen LogP contribution in [0, 0.1) is 0 Å². The van der Waals surface area contributed by atoms with Crippen molar-refractivity contribution in [1.82, 2.24) is 0 Å². The first-order valence-electron chi connectivity index (χ1n) is 2.89. The van der Waals surface area contributed by atoms with Gasteiger partial charge in [-0.05, 0) is 19.4 Å². The Kier molecular flexibility index (Phi) is 4.23. The van der Waals surface area contributed by atoms with E-state index < -0.39 is 0 Å². The first-order chi connectivity index (χ1) is 3.81. The monoisotopic (exact) mass is 111 g/mol. The van der Waals surface area contributed by atoms with Gasteiger partial charge in [-0.3, -0.25) is 4.99 Å². The molecule has 0 saturated heterocycles. The molecule has 0 rings (SSSR count). The number of hydrogen-bond donors (Lipinski definition) is 0. The average Bonchev–Trinajstić information content (AvgIpc) is 1.83. The summed E-state index contributed by atoms with van der Waals surface area (Å²) in [6, 6.07) is 0.